The maximum atomic E-state index is 14.6. The third-order valence-electron chi connectivity index (χ3n) is 9.11. The number of phenols is 1. The van der Waals surface area contributed by atoms with E-state index in [1.807, 2.05) is 6.07 Å². The lowest BCUT2D eigenvalue weighted by Crippen LogP contribution is -2.69. The van der Waals surface area contributed by atoms with Crippen molar-refractivity contribution in [2.75, 3.05) is 19.6 Å². The van der Waals surface area contributed by atoms with Crippen LogP contribution in [-0.4, -0.2) is 82.0 Å². The number of phenolic OH excluding ortho intramolecular Hbond substituents is 1. The quantitative estimate of drug-likeness (QED) is 0.0870. The number of carbonyl (C=O) groups excluding carboxylic acids is 3. The summed E-state index contributed by atoms with van der Waals surface area (Å²) >= 11 is 6.03. The van der Waals surface area contributed by atoms with E-state index >= 15 is 0 Å². The van der Waals surface area contributed by atoms with E-state index < -0.39 is 40.1 Å². The standard InChI is InChI=1S/C39H38ClN6O7S/c1-2-20-41-24-36(48)45-34(22-27-11-15-32(47)16-12-27)38(49)43(26-35(45)46(51)39(50)42-23-28-7-4-3-5-8-28)25-30-10-6-9-29-19-21-44(37(29)30)54(52,53)33-17-13-31(40)14-18-33/h2-19,21,34-35,41,47H,1,20,22-26H2,(H,42,50)/q-1/t34-,35-/m0/s1. The molecule has 0 bridgehead atoms. The van der Waals surface area contributed by atoms with Crippen LogP contribution in [0.5, 0.6) is 5.75 Å². The minimum Gasteiger partial charge on any atom is -0.753 e. The predicted molar refractivity (Wildman–Crippen MR) is 205 cm³/mol. The highest BCUT2D eigenvalue weighted by molar-refractivity contribution is 7.90. The molecule has 3 N–H and O–H groups in total. The first-order chi connectivity index (χ1) is 26.0. The number of aromatic nitrogens is 1. The average Bonchev–Trinajstić information content (AvgIpc) is 3.63. The number of hydroxylamine groups is 2. The molecule has 15 heteroatoms. The molecular formula is C39H38ClN6O7S-. The summed E-state index contributed by atoms with van der Waals surface area (Å²) in [5.41, 5.74) is 2.10. The summed E-state index contributed by atoms with van der Waals surface area (Å²) < 4.78 is 28.9. The van der Waals surface area contributed by atoms with E-state index in [2.05, 4.69) is 17.2 Å². The third-order valence-corrected chi connectivity index (χ3v) is 11.0. The number of amides is 4. The molecule has 0 spiro atoms. The number of hydrogen-bond acceptors (Lipinski definition) is 8. The Kier molecular flexibility index (Phi) is 11.7. The number of urea groups is 1. The van der Waals surface area contributed by atoms with Crippen molar-refractivity contribution < 1.29 is 27.9 Å². The lowest BCUT2D eigenvalue weighted by atomic mass is 9.98. The summed E-state index contributed by atoms with van der Waals surface area (Å²) in [5, 5.41) is 30.7. The molecule has 4 amide bonds. The van der Waals surface area contributed by atoms with Gasteiger partial charge in [-0.1, -0.05) is 78.3 Å². The number of aromatic hydroxyl groups is 1. The number of fused-ring (bicyclic) bond motifs is 1. The summed E-state index contributed by atoms with van der Waals surface area (Å²) in [5.74, 6) is -1.12. The number of nitrogens with zero attached hydrogens (tertiary/aromatic N) is 4. The van der Waals surface area contributed by atoms with Crippen molar-refractivity contribution in [1.29, 1.82) is 0 Å². The second-order valence-electron chi connectivity index (χ2n) is 12.7. The number of carbonyl (C=O) groups is 3. The van der Waals surface area contributed by atoms with Crippen molar-refractivity contribution in [3.63, 3.8) is 0 Å². The molecule has 1 saturated heterocycles. The van der Waals surface area contributed by atoms with Crippen LogP contribution in [0.1, 0.15) is 16.7 Å². The molecule has 6 rings (SSSR count). The van der Waals surface area contributed by atoms with Crippen LogP contribution >= 0.6 is 11.6 Å². The van der Waals surface area contributed by atoms with E-state index in [1.165, 1.54) is 47.5 Å². The fraction of sp³-hybridized carbons (Fsp3) is 0.205. The molecule has 54 heavy (non-hydrogen) atoms. The van der Waals surface area contributed by atoms with Crippen LogP contribution in [0.3, 0.4) is 0 Å². The van der Waals surface area contributed by atoms with Gasteiger partial charge in [-0.2, -0.15) is 0 Å². The van der Waals surface area contributed by atoms with Gasteiger partial charge in [0.15, 0.2) is 0 Å². The largest absolute Gasteiger partial charge is 0.753 e. The Hall–Kier alpha value is -5.67. The van der Waals surface area contributed by atoms with E-state index in [-0.39, 0.29) is 54.9 Å². The highest BCUT2D eigenvalue weighted by Gasteiger charge is 2.44. The van der Waals surface area contributed by atoms with Gasteiger partial charge in [0.1, 0.15) is 18.0 Å². The van der Waals surface area contributed by atoms with Crippen LogP contribution in [0, 0.1) is 5.21 Å². The first-order valence-corrected chi connectivity index (χ1v) is 18.9. The minimum atomic E-state index is -4.11. The minimum absolute atomic E-state index is 0.000232. The number of benzene rings is 4. The average molecular weight is 770 g/mol. The van der Waals surface area contributed by atoms with Crippen LogP contribution in [0.25, 0.3) is 10.9 Å². The molecule has 1 fully saturated rings. The van der Waals surface area contributed by atoms with Gasteiger partial charge in [0.2, 0.25) is 11.8 Å². The van der Waals surface area contributed by atoms with Crippen LogP contribution in [-0.2, 0) is 39.1 Å². The fourth-order valence-corrected chi connectivity index (χ4v) is 7.99. The molecule has 280 valence electrons. The zero-order valence-electron chi connectivity index (χ0n) is 29.0. The first-order valence-electron chi connectivity index (χ1n) is 17.1. The van der Waals surface area contributed by atoms with Gasteiger partial charge in [-0.05, 0) is 59.2 Å². The highest BCUT2D eigenvalue weighted by Crippen LogP contribution is 2.30. The second kappa shape index (κ2) is 16.6. The van der Waals surface area contributed by atoms with Gasteiger partial charge in [-0.15, -0.1) is 6.58 Å². The lowest BCUT2D eigenvalue weighted by molar-refractivity contribution is -0.160. The van der Waals surface area contributed by atoms with E-state index in [0.717, 1.165) is 14.4 Å². The summed E-state index contributed by atoms with van der Waals surface area (Å²) in [7, 11) is -4.11. The monoisotopic (exact) mass is 769 g/mol. The van der Waals surface area contributed by atoms with Crippen molar-refractivity contribution in [2.24, 2.45) is 0 Å². The van der Waals surface area contributed by atoms with Gasteiger partial charge in [0.25, 0.3) is 10.0 Å². The molecule has 5 aromatic rings. The van der Waals surface area contributed by atoms with Gasteiger partial charge in [0, 0.05) is 42.7 Å². The van der Waals surface area contributed by atoms with E-state index in [0.29, 0.717) is 27.1 Å². The molecule has 1 aliphatic heterocycles. The van der Waals surface area contributed by atoms with E-state index in [1.54, 1.807) is 66.7 Å². The predicted octanol–water partition coefficient (Wildman–Crippen LogP) is 4.83. The Balaban J connectivity index is 1.39. The number of rotatable bonds is 13. The normalized spacial score (nSPS) is 16.0. The molecule has 13 nitrogen and oxygen atoms in total. The Morgan fingerprint density at radius 1 is 0.963 bits per heavy atom. The first kappa shape index (κ1) is 38.1. The van der Waals surface area contributed by atoms with Crippen molar-refractivity contribution in [3.8, 4) is 5.75 Å². The number of piperazine rings is 1. The molecule has 0 radical (unpaired) electrons. The molecule has 4 aromatic carbocycles. The maximum Gasteiger partial charge on any atom is 0.308 e. The maximum absolute atomic E-state index is 14.6. The van der Waals surface area contributed by atoms with Gasteiger partial charge in [-0.3, -0.25) is 9.59 Å². The van der Waals surface area contributed by atoms with Gasteiger partial charge < -0.3 is 35.8 Å². The topological polar surface area (TPSA) is 167 Å². The summed E-state index contributed by atoms with van der Waals surface area (Å²) in [6, 6.07) is 25.4. The number of nitrogens with one attached hydrogen (secondary N) is 2. The zero-order valence-corrected chi connectivity index (χ0v) is 30.6. The zero-order chi connectivity index (χ0) is 38.4. The molecule has 1 aliphatic rings. The van der Waals surface area contributed by atoms with Crippen molar-refractivity contribution >= 4 is 50.4 Å². The molecule has 0 unspecified atom stereocenters. The van der Waals surface area contributed by atoms with E-state index in [9.17, 15) is 33.1 Å². The fourth-order valence-electron chi connectivity index (χ4n) is 6.47. The third kappa shape index (κ3) is 8.26. The van der Waals surface area contributed by atoms with Gasteiger partial charge in [-0.25, -0.2) is 17.2 Å². The SMILES string of the molecule is C=CCNCC(=O)N1[C@@H](N([O-])C(=O)NCc2ccccc2)CN(Cc2cccc3ccn(S(=O)(=O)c4ccc(Cl)cc4)c23)C(=O)[C@@H]1Cc1ccc(O)cc1. The Morgan fingerprint density at radius 3 is 2.39 bits per heavy atom. The lowest BCUT2D eigenvalue weighted by Gasteiger charge is -2.52. The molecule has 1 aromatic heterocycles. The van der Waals surface area contributed by atoms with E-state index in [4.69, 9.17) is 11.6 Å². The van der Waals surface area contributed by atoms with Crippen molar-refractivity contribution in [1.82, 2.24) is 29.5 Å². The number of para-hydroxylation sites is 1. The van der Waals surface area contributed by atoms with Crippen LogP contribution in [0.2, 0.25) is 5.02 Å². The molecule has 2 atom stereocenters. The number of hydrogen-bond donors (Lipinski definition) is 3. The Bertz CT molecular complexity index is 2250. The van der Waals surface area contributed by atoms with Crippen LogP contribution < -0.4 is 10.6 Å². The molecule has 2 heterocycles. The number of halogens is 1. The molecule has 0 aliphatic carbocycles. The smallest absolute Gasteiger partial charge is 0.308 e. The van der Waals surface area contributed by atoms with Crippen molar-refractivity contribution in [3.05, 3.63) is 149 Å². The highest BCUT2D eigenvalue weighted by atomic mass is 35.5. The van der Waals surface area contributed by atoms with Crippen LogP contribution in [0.15, 0.2) is 127 Å². The Labute approximate surface area is 317 Å². The Morgan fingerprint density at radius 2 is 1.69 bits per heavy atom. The summed E-state index contributed by atoms with van der Waals surface area (Å²) in [4.78, 5) is 44.5. The molecule has 0 saturated carbocycles. The van der Waals surface area contributed by atoms with Gasteiger partial charge in [0.05, 0.1) is 23.5 Å². The van der Waals surface area contributed by atoms with Crippen LogP contribution in [0.4, 0.5) is 4.79 Å². The summed E-state index contributed by atoms with van der Waals surface area (Å²) in [6.07, 6.45) is 1.47. The van der Waals surface area contributed by atoms with Gasteiger partial charge >= 0.3 is 6.03 Å². The van der Waals surface area contributed by atoms with Crippen molar-refractivity contribution in [2.45, 2.75) is 36.6 Å². The molecular weight excluding hydrogens is 732 g/mol. The second-order valence-corrected chi connectivity index (χ2v) is 15.0. The summed E-state index contributed by atoms with van der Waals surface area (Å²) in [6.45, 7) is 3.19.